The quantitative estimate of drug-likeness (QED) is 0.749. The van der Waals surface area contributed by atoms with Gasteiger partial charge in [-0.15, -0.1) is 0 Å². The van der Waals surface area contributed by atoms with Crippen LogP contribution in [0.3, 0.4) is 0 Å². The number of carbonyl (C=O) groups is 1. The molecule has 1 atom stereocenters. The smallest absolute Gasteiger partial charge is 0.226 e. The third kappa shape index (κ3) is 3.04. The first-order valence-electron chi connectivity index (χ1n) is 9.20. The van der Waals surface area contributed by atoms with Gasteiger partial charge in [0, 0.05) is 23.5 Å². The van der Waals surface area contributed by atoms with Crippen molar-refractivity contribution in [1.29, 1.82) is 0 Å². The molecule has 4 rings (SSSR count). The van der Waals surface area contributed by atoms with Gasteiger partial charge in [-0.05, 0) is 54.2 Å². The Morgan fingerprint density at radius 2 is 1.71 bits per heavy atom. The highest BCUT2D eigenvalue weighted by molar-refractivity contribution is 6.32. The summed E-state index contributed by atoms with van der Waals surface area (Å²) in [6.45, 7) is 0.930. The zero-order valence-corrected chi connectivity index (χ0v) is 14.8. The van der Waals surface area contributed by atoms with Gasteiger partial charge in [-0.1, -0.05) is 55.1 Å². The maximum absolute atomic E-state index is 12.9. The molecule has 1 heterocycles. The monoisotopic (exact) mass is 341 g/mol. The molecule has 2 nitrogen and oxygen atoms in total. The Kier molecular flexibility index (Phi) is 4.49. The van der Waals surface area contributed by atoms with Crippen molar-refractivity contribution in [1.82, 2.24) is 4.90 Å². The SMILES string of the molecule is O=C1C(Cc2cc3ccccc3cc2Cl)CCN1C1CCCCC1. The molecule has 1 saturated heterocycles. The number of hydrogen-bond acceptors (Lipinski definition) is 1. The lowest BCUT2D eigenvalue weighted by molar-refractivity contribution is -0.133. The maximum Gasteiger partial charge on any atom is 0.226 e. The molecule has 126 valence electrons. The molecule has 24 heavy (non-hydrogen) atoms. The lowest BCUT2D eigenvalue weighted by atomic mass is 9.93. The fourth-order valence-electron chi connectivity index (χ4n) is 4.39. The van der Waals surface area contributed by atoms with Crippen molar-refractivity contribution in [3.63, 3.8) is 0 Å². The zero-order valence-electron chi connectivity index (χ0n) is 14.0. The Hall–Kier alpha value is -1.54. The summed E-state index contributed by atoms with van der Waals surface area (Å²) in [7, 11) is 0. The molecule has 2 aliphatic rings. The van der Waals surface area contributed by atoms with E-state index in [1.807, 2.05) is 18.2 Å². The van der Waals surface area contributed by atoms with Crippen molar-refractivity contribution < 1.29 is 4.79 Å². The van der Waals surface area contributed by atoms with Crippen LogP contribution in [0.4, 0.5) is 0 Å². The molecule has 2 aromatic rings. The van der Waals surface area contributed by atoms with Crippen LogP contribution in [0, 0.1) is 5.92 Å². The highest BCUT2D eigenvalue weighted by Crippen LogP contribution is 2.32. The summed E-state index contributed by atoms with van der Waals surface area (Å²) in [6, 6.07) is 12.9. The third-order valence-corrected chi connectivity index (χ3v) is 6.10. The average molecular weight is 342 g/mol. The van der Waals surface area contributed by atoms with Gasteiger partial charge in [0.25, 0.3) is 0 Å². The van der Waals surface area contributed by atoms with Crippen LogP contribution in [0.2, 0.25) is 5.02 Å². The minimum Gasteiger partial charge on any atom is -0.339 e. The van der Waals surface area contributed by atoms with Crippen molar-refractivity contribution in [2.24, 2.45) is 5.92 Å². The maximum atomic E-state index is 12.9. The van der Waals surface area contributed by atoms with Crippen molar-refractivity contribution in [2.75, 3.05) is 6.54 Å². The number of hydrogen-bond donors (Lipinski definition) is 0. The second kappa shape index (κ2) is 6.76. The molecular formula is C21H24ClNO. The van der Waals surface area contributed by atoms with E-state index < -0.39 is 0 Å². The van der Waals surface area contributed by atoms with Gasteiger partial charge in [-0.25, -0.2) is 0 Å². The number of fused-ring (bicyclic) bond motifs is 1. The normalized spacial score (nSPS) is 22.5. The predicted molar refractivity (Wildman–Crippen MR) is 99.4 cm³/mol. The van der Waals surface area contributed by atoms with Gasteiger partial charge < -0.3 is 4.90 Å². The van der Waals surface area contributed by atoms with Crippen LogP contribution in [0.1, 0.15) is 44.1 Å². The number of likely N-dealkylation sites (tertiary alicyclic amines) is 1. The van der Waals surface area contributed by atoms with E-state index in [4.69, 9.17) is 11.6 Å². The summed E-state index contributed by atoms with van der Waals surface area (Å²) in [5.41, 5.74) is 1.11. The van der Waals surface area contributed by atoms with E-state index in [0.717, 1.165) is 35.4 Å². The lowest BCUT2D eigenvalue weighted by Gasteiger charge is -2.31. The first-order chi connectivity index (χ1) is 11.7. The van der Waals surface area contributed by atoms with Crippen LogP contribution in [0.15, 0.2) is 36.4 Å². The van der Waals surface area contributed by atoms with Gasteiger partial charge in [0.05, 0.1) is 0 Å². The molecule has 3 heteroatoms. The van der Waals surface area contributed by atoms with E-state index in [1.165, 1.54) is 37.5 Å². The van der Waals surface area contributed by atoms with Crippen molar-refractivity contribution in [2.45, 2.75) is 51.0 Å². The number of carbonyl (C=O) groups excluding carboxylic acids is 1. The van der Waals surface area contributed by atoms with Crippen LogP contribution in [0.25, 0.3) is 10.8 Å². The predicted octanol–water partition coefficient (Wildman–Crippen LogP) is 5.22. The first-order valence-corrected chi connectivity index (χ1v) is 9.58. The Balaban J connectivity index is 1.51. The Labute approximate surface area is 148 Å². The standard InChI is InChI=1S/C21H24ClNO/c22-20-14-16-7-5-4-6-15(16)12-18(20)13-17-10-11-23(21(17)24)19-8-2-1-3-9-19/h4-7,12,14,17,19H,1-3,8-11,13H2. The summed E-state index contributed by atoms with van der Waals surface area (Å²) in [6.07, 6.45) is 7.99. The molecule has 1 aliphatic carbocycles. The molecule has 0 N–H and O–H groups in total. The Bertz CT molecular complexity index is 751. The van der Waals surface area contributed by atoms with E-state index in [-0.39, 0.29) is 5.92 Å². The van der Waals surface area contributed by atoms with E-state index in [0.29, 0.717) is 11.9 Å². The summed E-state index contributed by atoms with van der Waals surface area (Å²) in [5, 5.41) is 3.15. The molecule has 1 aliphatic heterocycles. The second-order valence-electron chi connectivity index (χ2n) is 7.30. The van der Waals surface area contributed by atoms with Crippen molar-refractivity contribution >= 4 is 28.3 Å². The largest absolute Gasteiger partial charge is 0.339 e. The molecule has 0 aromatic heterocycles. The molecule has 0 bridgehead atoms. The number of nitrogens with zero attached hydrogens (tertiary/aromatic N) is 1. The minimum absolute atomic E-state index is 0.102. The van der Waals surface area contributed by atoms with E-state index in [2.05, 4.69) is 23.1 Å². The van der Waals surface area contributed by atoms with E-state index in [1.54, 1.807) is 0 Å². The van der Waals surface area contributed by atoms with Gasteiger partial charge in [-0.3, -0.25) is 4.79 Å². The highest BCUT2D eigenvalue weighted by atomic mass is 35.5. The van der Waals surface area contributed by atoms with Gasteiger partial charge >= 0.3 is 0 Å². The van der Waals surface area contributed by atoms with Crippen molar-refractivity contribution in [3.8, 4) is 0 Å². The highest BCUT2D eigenvalue weighted by Gasteiger charge is 2.36. The van der Waals surface area contributed by atoms with Gasteiger partial charge in [-0.2, -0.15) is 0 Å². The van der Waals surface area contributed by atoms with Gasteiger partial charge in [0.2, 0.25) is 5.91 Å². The Morgan fingerprint density at radius 1 is 1.00 bits per heavy atom. The summed E-state index contributed by atoms with van der Waals surface area (Å²) < 4.78 is 0. The average Bonchev–Trinajstić information content (AvgIpc) is 2.97. The molecule has 1 amide bonds. The lowest BCUT2D eigenvalue weighted by Crippen LogP contribution is -2.39. The zero-order chi connectivity index (χ0) is 16.5. The summed E-state index contributed by atoms with van der Waals surface area (Å²) in [5.74, 6) is 0.455. The fourth-order valence-corrected chi connectivity index (χ4v) is 4.64. The molecule has 1 saturated carbocycles. The first kappa shape index (κ1) is 16.0. The molecule has 2 fully saturated rings. The minimum atomic E-state index is 0.102. The van der Waals surface area contributed by atoms with Crippen molar-refractivity contribution in [3.05, 3.63) is 47.0 Å². The van der Waals surface area contributed by atoms with Crippen LogP contribution in [-0.2, 0) is 11.2 Å². The van der Waals surface area contributed by atoms with Crippen LogP contribution in [0.5, 0.6) is 0 Å². The molecule has 2 aromatic carbocycles. The van der Waals surface area contributed by atoms with Crippen LogP contribution >= 0.6 is 11.6 Å². The molecule has 0 spiro atoms. The number of benzene rings is 2. The second-order valence-corrected chi connectivity index (χ2v) is 7.71. The topological polar surface area (TPSA) is 20.3 Å². The summed E-state index contributed by atoms with van der Waals surface area (Å²) in [4.78, 5) is 15.0. The van der Waals surface area contributed by atoms with E-state index >= 15 is 0 Å². The number of rotatable bonds is 3. The van der Waals surface area contributed by atoms with E-state index in [9.17, 15) is 4.79 Å². The van der Waals surface area contributed by atoms with Crippen LogP contribution in [-0.4, -0.2) is 23.4 Å². The third-order valence-electron chi connectivity index (χ3n) is 5.75. The molecule has 0 radical (unpaired) electrons. The number of halogens is 1. The van der Waals surface area contributed by atoms with Gasteiger partial charge in [0.15, 0.2) is 0 Å². The van der Waals surface area contributed by atoms with Crippen LogP contribution < -0.4 is 0 Å². The fraction of sp³-hybridized carbons (Fsp3) is 0.476. The van der Waals surface area contributed by atoms with Gasteiger partial charge in [0.1, 0.15) is 0 Å². The molecule has 1 unspecified atom stereocenters. The Morgan fingerprint density at radius 3 is 2.46 bits per heavy atom. The molecular weight excluding hydrogens is 318 g/mol. The summed E-state index contributed by atoms with van der Waals surface area (Å²) >= 11 is 6.49. The number of amides is 1.